The smallest absolute Gasteiger partial charge is 0.221 e. The van der Waals surface area contributed by atoms with E-state index in [9.17, 15) is 0 Å². The van der Waals surface area contributed by atoms with Crippen molar-refractivity contribution in [3.8, 4) is 11.8 Å². The van der Waals surface area contributed by atoms with Crippen molar-refractivity contribution in [2.24, 2.45) is 5.92 Å². The topological polar surface area (TPSA) is 67.1 Å². The Balaban J connectivity index is 1.91. The predicted octanol–water partition coefficient (Wildman–Crippen LogP) is 1.72. The molecule has 0 amide bonds. The first kappa shape index (κ1) is 16.3. The number of rotatable bonds is 2. The highest BCUT2D eigenvalue weighted by Gasteiger charge is 2.18. The van der Waals surface area contributed by atoms with Crippen LogP contribution in [-0.2, 0) is 0 Å². The lowest BCUT2D eigenvalue weighted by molar-refractivity contribution is 0.303. The summed E-state index contributed by atoms with van der Waals surface area (Å²) < 4.78 is 0. The van der Waals surface area contributed by atoms with Crippen LogP contribution in [0.3, 0.4) is 0 Å². The number of allylic oxidation sites excluding steroid dienone is 5. The number of nitrogens with one attached hydrogen (secondary N) is 1. The molecule has 1 atom stereocenters. The molecule has 1 unspecified atom stereocenters. The maximum atomic E-state index is 5.63. The van der Waals surface area contributed by atoms with Crippen molar-refractivity contribution in [3.05, 3.63) is 53.5 Å². The third kappa shape index (κ3) is 4.03. The average Bonchev–Trinajstić information content (AvgIpc) is 2.83. The lowest BCUT2D eigenvalue weighted by Gasteiger charge is -2.32. The van der Waals surface area contributed by atoms with Gasteiger partial charge in [0.2, 0.25) is 5.95 Å². The second-order valence-corrected chi connectivity index (χ2v) is 5.88. The normalized spacial score (nSPS) is 20.5. The summed E-state index contributed by atoms with van der Waals surface area (Å²) in [5.74, 6) is 7.09. The number of hydrogen-bond donors (Lipinski definition) is 2. The fourth-order valence-electron chi connectivity index (χ4n) is 2.84. The van der Waals surface area contributed by atoms with Gasteiger partial charge in [0.15, 0.2) is 0 Å². The zero-order valence-corrected chi connectivity index (χ0v) is 14.0. The molecule has 1 saturated heterocycles. The Labute approximate surface area is 143 Å². The Hall–Kier alpha value is -2.58. The van der Waals surface area contributed by atoms with E-state index in [2.05, 4.69) is 63.3 Å². The number of anilines is 1. The molecule has 0 spiro atoms. The van der Waals surface area contributed by atoms with Crippen molar-refractivity contribution >= 4 is 5.95 Å². The van der Waals surface area contributed by atoms with Crippen molar-refractivity contribution in [2.45, 2.75) is 13.3 Å². The molecule has 0 saturated carbocycles. The minimum Gasteiger partial charge on any atom is -0.368 e. The number of hydrogen-bond acceptors (Lipinski definition) is 5. The van der Waals surface area contributed by atoms with Crippen LogP contribution >= 0.6 is 0 Å². The van der Waals surface area contributed by atoms with E-state index >= 15 is 0 Å². The maximum Gasteiger partial charge on any atom is 0.221 e. The first-order valence-electron chi connectivity index (χ1n) is 8.43. The summed E-state index contributed by atoms with van der Waals surface area (Å²) in [6, 6.07) is 1.78. The first-order valence-corrected chi connectivity index (χ1v) is 8.43. The van der Waals surface area contributed by atoms with Crippen molar-refractivity contribution in [1.82, 2.24) is 20.2 Å². The van der Waals surface area contributed by atoms with E-state index in [-0.39, 0.29) is 5.95 Å². The quantitative estimate of drug-likeness (QED) is 0.812. The van der Waals surface area contributed by atoms with E-state index in [1.54, 1.807) is 12.3 Å². The number of aromatic nitrogens is 2. The highest BCUT2D eigenvalue weighted by molar-refractivity contribution is 5.51. The Bertz CT molecular complexity index is 730. The molecule has 0 aromatic carbocycles. The SMILES string of the molecule is CCC1C=CC=C(C#Cc2ccnc(N)n2)C(N2CCNCC2)=C1. The van der Waals surface area contributed by atoms with Crippen LogP contribution in [0.25, 0.3) is 0 Å². The summed E-state index contributed by atoms with van der Waals surface area (Å²) >= 11 is 0. The van der Waals surface area contributed by atoms with Gasteiger partial charge in [-0.05, 0) is 30.4 Å². The van der Waals surface area contributed by atoms with Gasteiger partial charge >= 0.3 is 0 Å². The van der Waals surface area contributed by atoms with Crippen LogP contribution in [0, 0.1) is 17.8 Å². The second-order valence-electron chi connectivity index (χ2n) is 5.88. The third-order valence-electron chi connectivity index (χ3n) is 4.20. The van der Waals surface area contributed by atoms with E-state index in [0.717, 1.165) is 38.2 Å². The number of nitrogen functional groups attached to an aromatic ring is 1. The van der Waals surface area contributed by atoms with Gasteiger partial charge in [-0.15, -0.1) is 0 Å². The molecule has 2 heterocycles. The van der Waals surface area contributed by atoms with Crippen LogP contribution in [-0.4, -0.2) is 41.0 Å². The van der Waals surface area contributed by atoms with Crippen molar-refractivity contribution in [2.75, 3.05) is 31.9 Å². The van der Waals surface area contributed by atoms with E-state index in [0.29, 0.717) is 11.6 Å². The Kier molecular flexibility index (Phi) is 5.29. The standard InChI is InChI=1S/C19H23N5/c1-2-15-4-3-5-16(6-7-17-8-9-22-19(20)23-17)18(14-15)24-12-10-21-11-13-24/h3-5,8-9,14-15,21H,2,10-13H2,1H3,(H2,20,22,23). The van der Waals surface area contributed by atoms with Gasteiger partial charge in [0.25, 0.3) is 0 Å². The number of nitrogens with two attached hydrogens (primary N) is 1. The van der Waals surface area contributed by atoms with Crippen molar-refractivity contribution < 1.29 is 0 Å². The molecule has 0 bridgehead atoms. The van der Waals surface area contributed by atoms with E-state index in [4.69, 9.17) is 5.73 Å². The summed E-state index contributed by atoms with van der Waals surface area (Å²) in [7, 11) is 0. The lowest BCUT2D eigenvalue weighted by Crippen LogP contribution is -2.43. The minimum atomic E-state index is 0.250. The Morgan fingerprint density at radius 1 is 1.33 bits per heavy atom. The fraction of sp³-hybridized carbons (Fsp3) is 0.368. The summed E-state index contributed by atoms with van der Waals surface area (Å²) in [4.78, 5) is 10.5. The van der Waals surface area contributed by atoms with Gasteiger partial charge in [-0.25, -0.2) is 9.97 Å². The van der Waals surface area contributed by atoms with Gasteiger partial charge < -0.3 is 16.0 Å². The van der Waals surface area contributed by atoms with Crippen molar-refractivity contribution in [3.63, 3.8) is 0 Å². The van der Waals surface area contributed by atoms with Gasteiger partial charge in [-0.1, -0.05) is 31.1 Å². The summed E-state index contributed by atoms with van der Waals surface area (Å²) in [6.45, 7) is 6.22. The number of nitrogens with zero attached hydrogens (tertiary/aromatic N) is 3. The van der Waals surface area contributed by atoms with Crippen LogP contribution in [0.2, 0.25) is 0 Å². The van der Waals surface area contributed by atoms with Gasteiger partial charge in [0, 0.05) is 43.6 Å². The summed E-state index contributed by atoms with van der Waals surface area (Å²) in [5, 5.41) is 3.40. The van der Waals surface area contributed by atoms with E-state index in [1.165, 1.54) is 5.70 Å². The van der Waals surface area contributed by atoms with Gasteiger partial charge in [0.1, 0.15) is 5.69 Å². The van der Waals surface area contributed by atoms with Crippen LogP contribution in [0.4, 0.5) is 5.95 Å². The molecular weight excluding hydrogens is 298 g/mol. The molecule has 0 radical (unpaired) electrons. The highest BCUT2D eigenvalue weighted by Crippen LogP contribution is 2.23. The zero-order valence-electron chi connectivity index (χ0n) is 14.0. The minimum absolute atomic E-state index is 0.250. The molecule has 1 fully saturated rings. The fourth-order valence-corrected chi connectivity index (χ4v) is 2.84. The van der Waals surface area contributed by atoms with E-state index in [1.807, 2.05) is 0 Å². The Morgan fingerprint density at radius 3 is 2.92 bits per heavy atom. The molecule has 1 aromatic rings. The van der Waals surface area contributed by atoms with Gasteiger partial charge in [-0.3, -0.25) is 0 Å². The molecule has 2 aliphatic rings. The molecule has 5 heteroatoms. The molecule has 5 nitrogen and oxygen atoms in total. The average molecular weight is 321 g/mol. The van der Waals surface area contributed by atoms with Crippen LogP contribution < -0.4 is 11.1 Å². The molecule has 124 valence electrons. The van der Waals surface area contributed by atoms with Crippen molar-refractivity contribution in [1.29, 1.82) is 0 Å². The summed E-state index contributed by atoms with van der Waals surface area (Å²) in [6.07, 6.45) is 11.5. The van der Waals surface area contributed by atoms with Crippen LogP contribution in [0.1, 0.15) is 19.0 Å². The van der Waals surface area contributed by atoms with E-state index < -0.39 is 0 Å². The summed E-state index contributed by atoms with van der Waals surface area (Å²) in [5.41, 5.74) is 8.53. The molecule has 24 heavy (non-hydrogen) atoms. The molecular formula is C19H23N5. The Morgan fingerprint density at radius 2 is 2.17 bits per heavy atom. The van der Waals surface area contributed by atoms with Gasteiger partial charge in [-0.2, -0.15) is 0 Å². The zero-order chi connectivity index (χ0) is 16.8. The third-order valence-corrected chi connectivity index (χ3v) is 4.20. The molecule has 1 aromatic heterocycles. The highest BCUT2D eigenvalue weighted by atomic mass is 15.2. The lowest BCUT2D eigenvalue weighted by atomic mass is 10.0. The second kappa shape index (κ2) is 7.80. The van der Waals surface area contributed by atoms with Crippen LogP contribution in [0.15, 0.2) is 47.8 Å². The first-order chi connectivity index (χ1) is 11.8. The van der Waals surface area contributed by atoms with Gasteiger partial charge in [0.05, 0.1) is 0 Å². The molecule has 1 aliphatic heterocycles. The monoisotopic (exact) mass is 321 g/mol. The molecule has 3 rings (SSSR count). The maximum absolute atomic E-state index is 5.63. The molecule has 3 N–H and O–H groups in total. The molecule has 1 aliphatic carbocycles. The van der Waals surface area contributed by atoms with Crippen LogP contribution in [0.5, 0.6) is 0 Å². The predicted molar refractivity (Wildman–Crippen MR) is 96.9 cm³/mol. The number of piperazine rings is 1. The largest absolute Gasteiger partial charge is 0.368 e.